The first-order valence-electron chi connectivity index (χ1n) is 6.77. The van der Waals surface area contributed by atoms with Crippen molar-refractivity contribution in [3.05, 3.63) is 42.1 Å². The topological polar surface area (TPSA) is 34.2 Å². The maximum atomic E-state index is 5.19. The van der Waals surface area contributed by atoms with Crippen molar-refractivity contribution in [1.82, 2.24) is 10.3 Å². The summed E-state index contributed by atoms with van der Waals surface area (Å²) in [7, 11) is 3.77. The van der Waals surface area contributed by atoms with Crippen LogP contribution in [0, 0.1) is 5.92 Å². The number of hydrogen-bond acceptors (Lipinski definition) is 3. The predicted molar refractivity (Wildman–Crippen MR) is 79.2 cm³/mol. The van der Waals surface area contributed by atoms with Gasteiger partial charge in [0.15, 0.2) is 0 Å². The number of nitrogens with one attached hydrogen (secondary N) is 1. The Hall–Kier alpha value is -1.45. The molecule has 2 rings (SSSR count). The van der Waals surface area contributed by atoms with Crippen LogP contribution in [0.2, 0.25) is 0 Å². The molecule has 1 aromatic heterocycles. The Labute approximate surface area is 115 Å². The number of rotatable bonds is 6. The molecule has 102 valence electrons. The normalized spacial score (nSPS) is 14.5. The van der Waals surface area contributed by atoms with E-state index in [9.17, 15) is 0 Å². The maximum absolute atomic E-state index is 5.19. The summed E-state index contributed by atoms with van der Waals surface area (Å²) in [5.41, 5.74) is 2.37. The fourth-order valence-corrected chi connectivity index (χ4v) is 2.61. The van der Waals surface area contributed by atoms with Crippen LogP contribution in [0.1, 0.15) is 24.9 Å². The third-order valence-corrected chi connectivity index (χ3v) is 3.68. The highest BCUT2D eigenvalue weighted by Crippen LogP contribution is 2.29. The van der Waals surface area contributed by atoms with Crippen LogP contribution in [-0.2, 0) is 4.74 Å². The van der Waals surface area contributed by atoms with Crippen LogP contribution in [0.5, 0.6) is 0 Å². The molecule has 0 amide bonds. The van der Waals surface area contributed by atoms with Crippen molar-refractivity contribution in [3.63, 3.8) is 0 Å². The van der Waals surface area contributed by atoms with E-state index in [0.717, 1.165) is 18.5 Å². The van der Waals surface area contributed by atoms with Crippen LogP contribution >= 0.6 is 0 Å². The second-order valence-electron chi connectivity index (χ2n) is 4.94. The summed E-state index contributed by atoms with van der Waals surface area (Å²) in [4.78, 5) is 4.43. The molecule has 0 fully saturated rings. The summed E-state index contributed by atoms with van der Waals surface area (Å²) < 4.78 is 5.19. The number of benzene rings is 1. The Morgan fingerprint density at radius 3 is 2.79 bits per heavy atom. The van der Waals surface area contributed by atoms with Gasteiger partial charge in [-0.15, -0.1) is 0 Å². The van der Waals surface area contributed by atoms with Crippen LogP contribution in [0.4, 0.5) is 0 Å². The molecule has 0 bridgehead atoms. The molecule has 2 aromatic rings. The first kappa shape index (κ1) is 14.0. The van der Waals surface area contributed by atoms with Gasteiger partial charge in [-0.05, 0) is 37.1 Å². The molecule has 3 nitrogen and oxygen atoms in total. The van der Waals surface area contributed by atoms with Crippen LogP contribution < -0.4 is 5.32 Å². The largest absolute Gasteiger partial charge is 0.385 e. The number of pyridine rings is 1. The molecule has 0 aliphatic carbocycles. The Kier molecular flexibility index (Phi) is 4.88. The number of hydrogen-bond donors (Lipinski definition) is 1. The first-order valence-corrected chi connectivity index (χ1v) is 6.77. The van der Waals surface area contributed by atoms with Gasteiger partial charge in [0, 0.05) is 31.3 Å². The van der Waals surface area contributed by atoms with E-state index in [2.05, 4.69) is 41.5 Å². The summed E-state index contributed by atoms with van der Waals surface area (Å²) in [6.45, 7) is 3.05. The third kappa shape index (κ3) is 3.11. The van der Waals surface area contributed by atoms with E-state index >= 15 is 0 Å². The van der Waals surface area contributed by atoms with Gasteiger partial charge in [-0.25, -0.2) is 0 Å². The second kappa shape index (κ2) is 6.64. The van der Waals surface area contributed by atoms with Crippen LogP contribution in [0.3, 0.4) is 0 Å². The monoisotopic (exact) mass is 258 g/mol. The van der Waals surface area contributed by atoms with Crippen LogP contribution in [0.25, 0.3) is 10.9 Å². The smallest absolute Gasteiger partial charge is 0.0705 e. The van der Waals surface area contributed by atoms with E-state index in [-0.39, 0.29) is 0 Å². The van der Waals surface area contributed by atoms with E-state index in [0.29, 0.717) is 12.0 Å². The molecular weight excluding hydrogens is 236 g/mol. The van der Waals surface area contributed by atoms with Gasteiger partial charge in [0.1, 0.15) is 0 Å². The van der Waals surface area contributed by atoms with Crippen molar-refractivity contribution in [1.29, 1.82) is 0 Å². The highest BCUT2D eigenvalue weighted by molar-refractivity contribution is 5.82. The minimum Gasteiger partial charge on any atom is -0.385 e. The first-order chi connectivity index (χ1) is 9.27. The predicted octanol–water partition coefficient (Wildman–Crippen LogP) is 3.17. The summed E-state index contributed by atoms with van der Waals surface area (Å²) in [6, 6.07) is 10.7. The zero-order chi connectivity index (χ0) is 13.7. The number of aromatic nitrogens is 1. The lowest BCUT2D eigenvalue weighted by Crippen LogP contribution is -2.24. The number of para-hydroxylation sites is 1. The van der Waals surface area contributed by atoms with E-state index in [1.165, 1.54) is 10.9 Å². The van der Waals surface area contributed by atoms with E-state index < -0.39 is 0 Å². The molecule has 0 saturated heterocycles. The molecular formula is C16H22N2O. The minimum absolute atomic E-state index is 0.322. The fraction of sp³-hybridized carbons (Fsp3) is 0.438. The minimum atomic E-state index is 0.322. The molecule has 1 aromatic carbocycles. The second-order valence-corrected chi connectivity index (χ2v) is 4.94. The number of methoxy groups -OCH3 is 1. The third-order valence-electron chi connectivity index (χ3n) is 3.68. The molecule has 19 heavy (non-hydrogen) atoms. The van der Waals surface area contributed by atoms with Gasteiger partial charge in [-0.3, -0.25) is 4.98 Å². The van der Waals surface area contributed by atoms with E-state index in [1.807, 2.05) is 19.3 Å². The lowest BCUT2D eigenvalue weighted by atomic mass is 9.90. The SMILES string of the molecule is CNC(c1ccnc2ccccc12)C(C)CCOC. The molecule has 0 saturated carbocycles. The van der Waals surface area contributed by atoms with Crippen molar-refractivity contribution in [2.45, 2.75) is 19.4 Å². The Balaban J connectivity index is 2.35. The van der Waals surface area contributed by atoms with E-state index in [1.54, 1.807) is 7.11 Å². The molecule has 0 radical (unpaired) electrons. The fourth-order valence-electron chi connectivity index (χ4n) is 2.61. The lowest BCUT2D eigenvalue weighted by Gasteiger charge is -2.25. The Morgan fingerprint density at radius 2 is 2.05 bits per heavy atom. The molecule has 2 atom stereocenters. The van der Waals surface area contributed by atoms with E-state index in [4.69, 9.17) is 4.74 Å². The molecule has 0 aliphatic heterocycles. The highest BCUT2D eigenvalue weighted by atomic mass is 16.5. The Bertz CT molecular complexity index is 522. The molecule has 0 spiro atoms. The van der Waals surface area contributed by atoms with Gasteiger partial charge < -0.3 is 10.1 Å². The van der Waals surface area contributed by atoms with Gasteiger partial charge >= 0.3 is 0 Å². The number of ether oxygens (including phenoxy) is 1. The molecule has 1 heterocycles. The summed E-state index contributed by atoms with van der Waals surface area (Å²) in [5, 5.41) is 4.67. The summed E-state index contributed by atoms with van der Waals surface area (Å²) in [6.07, 6.45) is 2.93. The van der Waals surface area contributed by atoms with Crippen LogP contribution in [0.15, 0.2) is 36.5 Å². The van der Waals surface area contributed by atoms with Crippen LogP contribution in [-0.4, -0.2) is 25.7 Å². The summed E-state index contributed by atoms with van der Waals surface area (Å²) in [5.74, 6) is 0.510. The van der Waals surface area contributed by atoms with Gasteiger partial charge in [-0.2, -0.15) is 0 Å². The van der Waals surface area contributed by atoms with Gasteiger partial charge in [-0.1, -0.05) is 25.1 Å². The van der Waals surface area contributed by atoms with Crippen molar-refractivity contribution in [3.8, 4) is 0 Å². The summed E-state index contributed by atoms with van der Waals surface area (Å²) >= 11 is 0. The average Bonchev–Trinajstić information content (AvgIpc) is 2.46. The van der Waals surface area contributed by atoms with Gasteiger partial charge in [0.05, 0.1) is 5.52 Å². The lowest BCUT2D eigenvalue weighted by molar-refractivity contribution is 0.171. The average molecular weight is 258 g/mol. The van der Waals surface area contributed by atoms with Crippen molar-refractivity contribution < 1.29 is 4.74 Å². The van der Waals surface area contributed by atoms with Crippen molar-refractivity contribution in [2.24, 2.45) is 5.92 Å². The zero-order valence-corrected chi connectivity index (χ0v) is 11.9. The highest BCUT2D eigenvalue weighted by Gasteiger charge is 2.19. The quantitative estimate of drug-likeness (QED) is 0.864. The zero-order valence-electron chi connectivity index (χ0n) is 11.9. The van der Waals surface area contributed by atoms with Crippen molar-refractivity contribution >= 4 is 10.9 Å². The van der Waals surface area contributed by atoms with Gasteiger partial charge in [0.25, 0.3) is 0 Å². The maximum Gasteiger partial charge on any atom is 0.0705 e. The standard InChI is InChI=1S/C16H22N2O/c1-12(9-11-19-3)16(17-2)14-8-10-18-15-7-5-4-6-13(14)15/h4-8,10,12,16-17H,9,11H2,1-3H3. The Morgan fingerprint density at radius 1 is 1.26 bits per heavy atom. The molecule has 1 N–H and O–H groups in total. The number of fused-ring (bicyclic) bond motifs is 1. The molecule has 2 unspecified atom stereocenters. The molecule has 3 heteroatoms. The van der Waals surface area contributed by atoms with Gasteiger partial charge in [0.2, 0.25) is 0 Å². The van der Waals surface area contributed by atoms with Crippen molar-refractivity contribution in [2.75, 3.05) is 20.8 Å². The number of nitrogens with zero attached hydrogens (tertiary/aromatic N) is 1. The molecule has 0 aliphatic rings.